The third kappa shape index (κ3) is 1.41. The zero-order valence-corrected chi connectivity index (χ0v) is 6.90. The highest BCUT2D eigenvalue weighted by molar-refractivity contribution is 5.75. The van der Waals surface area contributed by atoms with Crippen LogP contribution in [0.25, 0.3) is 11.2 Å². The minimum atomic E-state index is -0.562. The van der Waals surface area contributed by atoms with Gasteiger partial charge in [-0.3, -0.25) is 9.78 Å². The van der Waals surface area contributed by atoms with Gasteiger partial charge in [0, 0.05) is 17.8 Å². The molecule has 0 aliphatic heterocycles. The molecule has 5 nitrogen and oxygen atoms in total. The lowest BCUT2D eigenvalue weighted by molar-refractivity contribution is -0.103. The van der Waals surface area contributed by atoms with E-state index in [4.69, 9.17) is 4.42 Å². The molecule has 1 N–H and O–H groups in total. The van der Waals surface area contributed by atoms with Crippen molar-refractivity contribution in [3.8, 4) is 11.8 Å². The van der Waals surface area contributed by atoms with E-state index in [1.807, 2.05) is 0 Å². The van der Waals surface area contributed by atoms with Gasteiger partial charge in [0.25, 0.3) is 0 Å². The molecule has 2 aromatic heterocycles. The zero-order chi connectivity index (χ0) is 9.97. The predicted octanol–water partition coefficient (Wildman–Crippen LogP) is 0.0665. The maximum atomic E-state index is 10.8. The third-order valence-corrected chi connectivity index (χ3v) is 1.55. The number of hydrogen-bond acceptors (Lipinski definition) is 4. The Morgan fingerprint density at radius 3 is 3.21 bits per heavy atom. The fourth-order valence-corrected chi connectivity index (χ4v) is 1.02. The number of oxazole rings is 1. The lowest BCUT2D eigenvalue weighted by atomic mass is 10.3. The van der Waals surface area contributed by atoms with Gasteiger partial charge in [0.15, 0.2) is 17.5 Å². The second-order valence-corrected chi connectivity index (χ2v) is 2.47. The Morgan fingerprint density at radius 1 is 1.57 bits per heavy atom. The Kier molecular flexibility index (Phi) is 1.88. The lowest BCUT2D eigenvalue weighted by Gasteiger charge is -1.87. The van der Waals surface area contributed by atoms with Crippen LogP contribution in [0.5, 0.6) is 0 Å². The molecule has 0 fully saturated rings. The van der Waals surface area contributed by atoms with Gasteiger partial charge in [-0.15, -0.1) is 0 Å². The van der Waals surface area contributed by atoms with Crippen LogP contribution >= 0.6 is 0 Å². The summed E-state index contributed by atoms with van der Waals surface area (Å²) in [6, 6.07) is 1.54. The first-order valence-corrected chi connectivity index (χ1v) is 3.73. The van der Waals surface area contributed by atoms with Crippen LogP contribution in [0, 0.1) is 11.8 Å². The Balaban J connectivity index is 2.61. The van der Waals surface area contributed by atoms with E-state index in [1.165, 1.54) is 12.3 Å². The second-order valence-electron chi connectivity index (χ2n) is 2.47. The summed E-state index contributed by atoms with van der Waals surface area (Å²) >= 11 is 0. The van der Waals surface area contributed by atoms with Crippen molar-refractivity contribution in [2.24, 2.45) is 0 Å². The number of carbonyl (C=O) groups excluding carboxylic acids is 1. The van der Waals surface area contributed by atoms with E-state index in [9.17, 15) is 9.59 Å². The predicted molar refractivity (Wildman–Crippen MR) is 47.6 cm³/mol. The third-order valence-electron chi connectivity index (χ3n) is 1.55. The van der Waals surface area contributed by atoms with Gasteiger partial charge in [-0.1, -0.05) is 5.92 Å². The van der Waals surface area contributed by atoms with Crippen molar-refractivity contribution in [2.45, 2.75) is 0 Å². The molecule has 5 heteroatoms. The number of hydrogen-bond donors (Lipinski definition) is 1. The molecule has 0 aliphatic rings. The van der Waals surface area contributed by atoms with Gasteiger partial charge in [0.05, 0.1) is 0 Å². The molecular formula is C9H4N2O3. The Labute approximate surface area is 77.8 Å². The Morgan fingerprint density at radius 2 is 2.43 bits per heavy atom. The van der Waals surface area contributed by atoms with Crippen molar-refractivity contribution < 1.29 is 9.21 Å². The standard InChI is InChI=1S/C9H4N2O3/c12-3-1-2-6-4-7-8(10-5-6)11-9(13)14-7/h3-5H,(H,10,11,13). The summed E-state index contributed by atoms with van der Waals surface area (Å²) < 4.78 is 4.76. The zero-order valence-electron chi connectivity index (χ0n) is 6.90. The summed E-state index contributed by atoms with van der Waals surface area (Å²) in [6.07, 6.45) is 1.93. The molecule has 14 heavy (non-hydrogen) atoms. The summed E-state index contributed by atoms with van der Waals surface area (Å²) in [5.74, 6) is 4.21. The van der Waals surface area contributed by atoms with E-state index in [1.54, 1.807) is 0 Å². The molecule has 0 atom stereocenters. The highest BCUT2D eigenvalue weighted by atomic mass is 16.4. The minimum absolute atomic E-state index is 0.327. The largest absolute Gasteiger partial charge is 0.418 e. The monoisotopic (exact) mass is 188 g/mol. The van der Waals surface area contributed by atoms with Gasteiger partial charge < -0.3 is 4.42 Å². The van der Waals surface area contributed by atoms with Crippen LogP contribution in [0.2, 0.25) is 0 Å². The number of nitrogens with zero attached hydrogens (tertiary/aromatic N) is 1. The van der Waals surface area contributed by atoms with E-state index >= 15 is 0 Å². The van der Waals surface area contributed by atoms with Crippen molar-refractivity contribution in [1.82, 2.24) is 9.97 Å². The van der Waals surface area contributed by atoms with Gasteiger partial charge in [-0.05, 0) is 5.92 Å². The summed E-state index contributed by atoms with van der Waals surface area (Å²) in [5.41, 5.74) is 1.21. The first-order chi connectivity index (χ1) is 6.79. The number of aldehydes is 1. The molecule has 0 saturated carbocycles. The van der Waals surface area contributed by atoms with Crippen molar-refractivity contribution >= 4 is 17.5 Å². The Bertz CT molecular complexity index is 598. The van der Waals surface area contributed by atoms with Gasteiger partial charge in [0.2, 0.25) is 0 Å². The molecule has 0 saturated heterocycles. The van der Waals surface area contributed by atoms with E-state index in [0.717, 1.165) is 0 Å². The molecule has 0 aliphatic carbocycles. The molecule has 0 radical (unpaired) electrons. The fraction of sp³-hybridized carbons (Fsp3) is 0. The average Bonchev–Trinajstić information content (AvgIpc) is 2.54. The number of carbonyl (C=O) groups is 1. The number of fused-ring (bicyclic) bond motifs is 1. The molecule has 2 rings (SSSR count). The first-order valence-electron chi connectivity index (χ1n) is 3.73. The van der Waals surface area contributed by atoms with Crippen LogP contribution < -0.4 is 5.76 Å². The van der Waals surface area contributed by atoms with Crippen molar-refractivity contribution in [1.29, 1.82) is 0 Å². The van der Waals surface area contributed by atoms with E-state index in [0.29, 0.717) is 23.1 Å². The van der Waals surface area contributed by atoms with Crippen molar-refractivity contribution in [3.63, 3.8) is 0 Å². The molecule has 68 valence electrons. The van der Waals surface area contributed by atoms with Crippen LogP contribution in [0.4, 0.5) is 0 Å². The van der Waals surface area contributed by atoms with Crippen molar-refractivity contribution in [3.05, 3.63) is 28.4 Å². The summed E-state index contributed by atoms with van der Waals surface area (Å²) in [7, 11) is 0. The van der Waals surface area contributed by atoms with Crippen molar-refractivity contribution in [2.75, 3.05) is 0 Å². The summed E-state index contributed by atoms with van der Waals surface area (Å²) in [5, 5.41) is 0. The van der Waals surface area contributed by atoms with Gasteiger partial charge in [-0.25, -0.2) is 9.78 Å². The molecule has 0 unspecified atom stereocenters. The van der Waals surface area contributed by atoms with E-state index in [-0.39, 0.29) is 0 Å². The highest BCUT2D eigenvalue weighted by Gasteiger charge is 2.01. The second kappa shape index (κ2) is 3.18. The average molecular weight is 188 g/mol. The SMILES string of the molecule is O=CC#Cc1cnc2[nH]c(=O)oc2c1. The minimum Gasteiger partial charge on any atom is -0.406 e. The summed E-state index contributed by atoms with van der Waals surface area (Å²) in [6.45, 7) is 0. The highest BCUT2D eigenvalue weighted by Crippen LogP contribution is 2.07. The summed E-state index contributed by atoms with van der Waals surface area (Å²) in [4.78, 5) is 27.0. The lowest BCUT2D eigenvalue weighted by Crippen LogP contribution is -1.93. The number of aromatic amines is 1. The van der Waals surface area contributed by atoms with E-state index < -0.39 is 5.76 Å². The quantitative estimate of drug-likeness (QED) is 0.468. The molecule has 2 heterocycles. The smallest absolute Gasteiger partial charge is 0.406 e. The van der Waals surface area contributed by atoms with Gasteiger partial charge in [-0.2, -0.15) is 0 Å². The maximum absolute atomic E-state index is 10.8. The van der Waals surface area contributed by atoms with Crippen LogP contribution in [-0.2, 0) is 4.79 Å². The van der Waals surface area contributed by atoms with Crippen LogP contribution in [0.15, 0.2) is 21.5 Å². The molecule has 2 aromatic rings. The number of H-pyrrole nitrogens is 1. The molecule has 0 spiro atoms. The topological polar surface area (TPSA) is 76.0 Å². The van der Waals surface area contributed by atoms with Gasteiger partial charge >= 0.3 is 5.76 Å². The van der Waals surface area contributed by atoms with Crippen LogP contribution in [-0.4, -0.2) is 16.3 Å². The molecule has 0 bridgehead atoms. The first kappa shape index (κ1) is 8.26. The number of pyridine rings is 1. The number of rotatable bonds is 0. The van der Waals surface area contributed by atoms with E-state index in [2.05, 4.69) is 21.8 Å². The molecular weight excluding hydrogens is 184 g/mol. The van der Waals surface area contributed by atoms with Crippen LogP contribution in [0.3, 0.4) is 0 Å². The van der Waals surface area contributed by atoms with Crippen LogP contribution in [0.1, 0.15) is 5.56 Å². The number of nitrogens with one attached hydrogen (secondary N) is 1. The Hall–Kier alpha value is -2.35. The fourth-order valence-electron chi connectivity index (χ4n) is 1.02. The van der Waals surface area contributed by atoms with Gasteiger partial charge in [0.1, 0.15) is 0 Å². The normalized spacial score (nSPS) is 9.43. The molecule has 0 aromatic carbocycles. The molecule has 0 amide bonds. The number of aromatic nitrogens is 2. The maximum Gasteiger partial charge on any atom is 0.418 e.